The van der Waals surface area contributed by atoms with Crippen LogP contribution in [0.15, 0.2) is 77.7 Å². The van der Waals surface area contributed by atoms with Gasteiger partial charge in [0.2, 0.25) is 10.0 Å². The van der Waals surface area contributed by atoms with Gasteiger partial charge >= 0.3 is 0 Å². The van der Waals surface area contributed by atoms with Crippen LogP contribution in [-0.4, -0.2) is 13.5 Å². The number of benzene rings is 3. The SMILES string of the molecule is O=S(=O)(NCc1ccccc1)c1ccc2c(c1)C1C=CCC1C(c1cc(Cl)cc(Cl)c1O)N2. The molecular weight excluding hydrogens is 479 g/mol. The summed E-state index contributed by atoms with van der Waals surface area (Å²) in [5, 5.41) is 14.8. The molecular formula is C25H22Cl2N2O3S. The van der Waals surface area contributed by atoms with Crippen molar-refractivity contribution in [1.82, 2.24) is 4.72 Å². The highest BCUT2D eigenvalue weighted by Crippen LogP contribution is 2.52. The third kappa shape index (κ3) is 4.24. The summed E-state index contributed by atoms with van der Waals surface area (Å²) in [7, 11) is -3.68. The van der Waals surface area contributed by atoms with Crippen molar-refractivity contribution in [1.29, 1.82) is 0 Å². The average molecular weight is 501 g/mol. The van der Waals surface area contributed by atoms with Crippen LogP contribution in [0.2, 0.25) is 10.0 Å². The van der Waals surface area contributed by atoms with E-state index in [4.69, 9.17) is 23.2 Å². The standard InChI is InChI=1S/C25H22Cl2N2O3S/c26-16-11-21(25(30)22(27)12-16)24-19-8-4-7-18(19)20-13-17(9-10-23(20)29-24)33(31,32)28-14-15-5-2-1-3-6-15/h1-7,9-13,18-19,24,28-30H,8,14H2. The Bertz CT molecular complexity index is 1340. The first-order valence-corrected chi connectivity index (χ1v) is 12.9. The molecule has 1 aliphatic carbocycles. The molecule has 3 N–H and O–H groups in total. The second kappa shape index (κ2) is 8.69. The van der Waals surface area contributed by atoms with Gasteiger partial charge in [-0.2, -0.15) is 0 Å². The van der Waals surface area contributed by atoms with Crippen LogP contribution in [0.3, 0.4) is 0 Å². The van der Waals surface area contributed by atoms with Gasteiger partial charge in [-0.15, -0.1) is 0 Å². The molecule has 8 heteroatoms. The van der Waals surface area contributed by atoms with Gasteiger partial charge in [0.1, 0.15) is 5.75 Å². The Labute approximate surface area is 203 Å². The first-order chi connectivity index (χ1) is 15.8. The maximum atomic E-state index is 13.0. The second-order valence-corrected chi connectivity index (χ2v) is 11.0. The van der Waals surface area contributed by atoms with Crippen molar-refractivity contribution in [2.45, 2.75) is 29.8 Å². The van der Waals surface area contributed by atoms with E-state index in [0.29, 0.717) is 10.6 Å². The monoisotopic (exact) mass is 500 g/mol. The highest BCUT2D eigenvalue weighted by Gasteiger charge is 2.39. The summed E-state index contributed by atoms with van der Waals surface area (Å²) in [4.78, 5) is 0.227. The lowest BCUT2D eigenvalue weighted by atomic mass is 9.77. The maximum Gasteiger partial charge on any atom is 0.240 e. The lowest BCUT2D eigenvalue weighted by Crippen LogP contribution is -2.30. The van der Waals surface area contributed by atoms with Crippen molar-refractivity contribution >= 4 is 38.9 Å². The molecule has 3 aromatic rings. The van der Waals surface area contributed by atoms with E-state index < -0.39 is 10.0 Å². The molecule has 5 rings (SSSR count). The third-order valence-electron chi connectivity index (χ3n) is 6.35. The van der Waals surface area contributed by atoms with E-state index in [1.54, 1.807) is 24.3 Å². The lowest BCUT2D eigenvalue weighted by Gasteiger charge is -2.38. The summed E-state index contributed by atoms with van der Waals surface area (Å²) >= 11 is 12.4. The molecule has 3 atom stereocenters. The van der Waals surface area contributed by atoms with Gasteiger partial charge in [0.25, 0.3) is 0 Å². The zero-order valence-electron chi connectivity index (χ0n) is 17.5. The lowest BCUT2D eigenvalue weighted by molar-refractivity contribution is 0.402. The van der Waals surface area contributed by atoms with E-state index >= 15 is 0 Å². The molecule has 2 aliphatic rings. The van der Waals surface area contributed by atoms with Gasteiger partial charge in [0, 0.05) is 28.7 Å². The molecule has 3 unspecified atom stereocenters. The van der Waals surface area contributed by atoms with Crippen molar-refractivity contribution < 1.29 is 13.5 Å². The number of nitrogens with one attached hydrogen (secondary N) is 2. The molecule has 0 bridgehead atoms. The van der Waals surface area contributed by atoms with Gasteiger partial charge in [0.15, 0.2) is 0 Å². The molecule has 0 fully saturated rings. The van der Waals surface area contributed by atoms with Crippen molar-refractivity contribution in [2.24, 2.45) is 5.92 Å². The van der Waals surface area contributed by atoms with Gasteiger partial charge in [-0.3, -0.25) is 0 Å². The number of rotatable bonds is 5. The molecule has 33 heavy (non-hydrogen) atoms. The van der Waals surface area contributed by atoms with E-state index in [0.717, 1.165) is 23.2 Å². The maximum absolute atomic E-state index is 13.0. The number of hydrogen-bond donors (Lipinski definition) is 3. The fourth-order valence-corrected chi connectivity index (χ4v) is 6.29. The Kier molecular flexibility index (Phi) is 5.87. The molecule has 3 aromatic carbocycles. The molecule has 0 spiro atoms. The fraction of sp³-hybridized carbons (Fsp3) is 0.200. The minimum absolute atomic E-state index is 0.00711. The Morgan fingerprint density at radius 1 is 1.03 bits per heavy atom. The van der Waals surface area contributed by atoms with Gasteiger partial charge in [-0.25, -0.2) is 13.1 Å². The van der Waals surface area contributed by atoms with Crippen molar-refractivity contribution in [2.75, 3.05) is 5.32 Å². The number of allylic oxidation sites excluding steroid dienone is 2. The van der Waals surface area contributed by atoms with Gasteiger partial charge in [-0.1, -0.05) is 65.7 Å². The molecule has 0 aromatic heterocycles. The van der Waals surface area contributed by atoms with Gasteiger partial charge < -0.3 is 10.4 Å². The van der Waals surface area contributed by atoms with Gasteiger partial charge in [0.05, 0.1) is 16.0 Å². The van der Waals surface area contributed by atoms with E-state index in [9.17, 15) is 13.5 Å². The van der Waals surface area contributed by atoms with Crippen LogP contribution in [0.5, 0.6) is 5.75 Å². The smallest absolute Gasteiger partial charge is 0.240 e. The number of aromatic hydroxyl groups is 1. The summed E-state index contributed by atoms with van der Waals surface area (Å²) in [6, 6.07) is 17.6. The molecule has 170 valence electrons. The van der Waals surface area contributed by atoms with E-state index in [-0.39, 0.29) is 40.1 Å². The minimum Gasteiger partial charge on any atom is -0.506 e. The zero-order chi connectivity index (χ0) is 23.2. The number of phenolic OH excluding ortho intramolecular Hbond substituents is 1. The minimum atomic E-state index is -3.68. The summed E-state index contributed by atoms with van der Waals surface area (Å²) in [5.41, 5.74) is 3.27. The van der Waals surface area contributed by atoms with Crippen molar-refractivity contribution in [3.8, 4) is 5.75 Å². The molecule has 5 nitrogen and oxygen atoms in total. The van der Waals surface area contributed by atoms with Crippen LogP contribution in [0.25, 0.3) is 0 Å². The number of phenols is 1. The summed E-state index contributed by atoms with van der Waals surface area (Å²) < 4.78 is 28.6. The Balaban J connectivity index is 1.47. The summed E-state index contributed by atoms with van der Waals surface area (Å²) in [5.74, 6) is 0.109. The largest absolute Gasteiger partial charge is 0.506 e. The highest BCUT2D eigenvalue weighted by molar-refractivity contribution is 7.89. The molecule has 0 saturated heterocycles. The molecule has 0 saturated carbocycles. The fourth-order valence-electron chi connectivity index (χ4n) is 4.73. The van der Waals surface area contributed by atoms with E-state index in [2.05, 4.69) is 22.2 Å². The number of hydrogen-bond acceptors (Lipinski definition) is 4. The highest BCUT2D eigenvalue weighted by atomic mass is 35.5. The van der Waals surface area contributed by atoms with Crippen LogP contribution in [-0.2, 0) is 16.6 Å². The topological polar surface area (TPSA) is 78.4 Å². The quantitative estimate of drug-likeness (QED) is 0.375. The van der Waals surface area contributed by atoms with Crippen molar-refractivity contribution in [3.63, 3.8) is 0 Å². The van der Waals surface area contributed by atoms with E-state index in [1.165, 1.54) is 6.07 Å². The molecule has 0 radical (unpaired) electrons. The second-order valence-electron chi connectivity index (χ2n) is 8.36. The number of halogens is 2. The first kappa shape index (κ1) is 22.3. The number of fused-ring (bicyclic) bond motifs is 3. The molecule has 0 amide bonds. The van der Waals surface area contributed by atoms with E-state index in [1.807, 2.05) is 30.3 Å². The van der Waals surface area contributed by atoms with Crippen LogP contribution in [0, 0.1) is 5.92 Å². The Hall–Kier alpha value is -2.51. The third-order valence-corrected chi connectivity index (χ3v) is 8.25. The number of sulfonamides is 1. The van der Waals surface area contributed by atoms with Crippen LogP contribution >= 0.6 is 23.2 Å². The molecule has 1 heterocycles. The predicted octanol–water partition coefficient (Wildman–Crippen LogP) is 6.00. The van der Waals surface area contributed by atoms with Crippen LogP contribution in [0.1, 0.15) is 35.1 Å². The molecule has 1 aliphatic heterocycles. The summed E-state index contributed by atoms with van der Waals surface area (Å²) in [6.45, 7) is 0.224. The van der Waals surface area contributed by atoms with Crippen LogP contribution in [0.4, 0.5) is 5.69 Å². The average Bonchev–Trinajstić information content (AvgIpc) is 3.30. The van der Waals surface area contributed by atoms with Crippen LogP contribution < -0.4 is 10.0 Å². The first-order valence-electron chi connectivity index (χ1n) is 10.6. The van der Waals surface area contributed by atoms with Gasteiger partial charge in [-0.05, 0) is 53.8 Å². The Morgan fingerprint density at radius 3 is 2.61 bits per heavy atom. The number of anilines is 1. The predicted molar refractivity (Wildman–Crippen MR) is 131 cm³/mol. The zero-order valence-corrected chi connectivity index (χ0v) is 19.8. The summed E-state index contributed by atoms with van der Waals surface area (Å²) in [6.07, 6.45) is 4.99. The Morgan fingerprint density at radius 2 is 1.82 bits per heavy atom. The normalized spacial score (nSPS) is 21.3. The van der Waals surface area contributed by atoms with Crippen molar-refractivity contribution in [3.05, 3.63) is 99.6 Å².